The van der Waals surface area contributed by atoms with Crippen molar-refractivity contribution in [3.63, 3.8) is 0 Å². The third kappa shape index (κ3) is 3.32. The summed E-state index contributed by atoms with van der Waals surface area (Å²) in [5.74, 6) is -0.306. The molecule has 0 aliphatic carbocycles. The lowest BCUT2D eigenvalue weighted by Gasteiger charge is -2.43. The topological polar surface area (TPSA) is 62.7 Å². The fourth-order valence-corrected chi connectivity index (χ4v) is 3.60. The van der Waals surface area contributed by atoms with E-state index in [0.29, 0.717) is 25.3 Å². The summed E-state index contributed by atoms with van der Waals surface area (Å²) in [5.41, 5.74) is 0.114. The Morgan fingerprint density at radius 2 is 2.00 bits per heavy atom. The van der Waals surface area contributed by atoms with E-state index in [0.717, 1.165) is 5.56 Å². The molecule has 136 valence electrons. The number of aromatic nitrogens is 1. The molecule has 0 unspecified atom stereocenters. The summed E-state index contributed by atoms with van der Waals surface area (Å²) in [6.07, 6.45) is 0.264. The molecule has 1 saturated heterocycles. The van der Waals surface area contributed by atoms with Crippen molar-refractivity contribution in [1.82, 2.24) is 9.88 Å². The van der Waals surface area contributed by atoms with Crippen molar-refractivity contribution in [1.29, 1.82) is 0 Å². The second-order valence-electron chi connectivity index (χ2n) is 7.86. The highest BCUT2D eigenvalue weighted by Crippen LogP contribution is 2.36. The Balaban J connectivity index is 1.84. The second kappa shape index (κ2) is 5.97. The molecule has 7 heteroatoms. The van der Waals surface area contributed by atoms with Crippen LogP contribution in [0.3, 0.4) is 0 Å². The minimum atomic E-state index is -0.581. The standard InChI is InChI=1S/C18H24FN3O3/c1-10-8-21(17(24)25-18(3,4)5)9-13-6-12-7-14(19)15(11(2)23)20-16(12)22(10)13/h7,10,13H,6,8-9H2,1-5H3/t10-,13-/m1/s1. The van der Waals surface area contributed by atoms with Gasteiger partial charge in [-0.2, -0.15) is 0 Å². The summed E-state index contributed by atoms with van der Waals surface area (Å²) in [4.78, 5) is 32.1. The molecule has 1 amide bonds. The lowest BCUT2D eigenvalue weighted by atomic mass is 10.1. The van der Waals surface area contributed by atoms with Crippen LogP contribution in [0.5, 0.6) is 0 Å². The van der Waals surface area contributed by atoms with Gasteiger partial charge >= 0.3 is 6.09 Å². The van der Waals surface area contributed by atoms with E-state index in [1.165, 1.54) is 13.0 Å². The smallest absolute Gasteiger partial charge is 0.410 e. The summed E-state index contributed by atoms with van der Waals surface area (Å²) in [7, 11) is 0. The molecule has 2 atom stereocenters. The highest BCUT2D eigenvalue weighted by atomic mass is 19.1. The number of fused-ring (bicyclic) bond motifs is 3. The zero-order chi connectivity index (χ0) is 18.5. The SMILES string of the molecule is CC(=O)c1nc2c(cc1F)C[C@@H]1CN(C(=O)OC(C)(C)C)C[C@@H](C)N21. The Labute approximate surface area is 147 Å². The lowest BCUT2D eigenvalue weighted by Crippen LogP contribution is -2.58. The van der Waals surface area contributed by atoms with E-state index in [4.69, 9.17) is 4.74 Å². The number of ketones is 1. The van der Waals surface area contributed by atoms with Crippen LogP contribution in [-0.2, 0) is 11.2 Å². The minimum Gasteiger partial charge on any atom is -0.444 e. The normalized spacial score (nSPS) is 22.5. The predicted octanol–water partition coefficient (Wildman–Crippen LogP) is 2.79. The van der Waals surface area contributed by atoms with E-state index in [1.807, 2.05) is 27.7 Å². The Morgan fingerprint density at radius 1 is 1.32 bits per heavy atom. The number of piperazine rings is 1. The van der Waals surface area contributed by atoms with Gasteiger partial charge in [-0.15, -0.1) is 0 Å². The van der Waals surface area contributed by atoms with Crippen LogP contribution in [0.25, 0.3) is 0 Å². The largest absolute Gasteiger partial charge is 0.444 e. The average Bonchev–Trinajstić information content (AvgIpc) is 2.81. The summed E-state index contributed by atoms with van der Waals surface area (Å²) in [6, 6.07) is 1.42. The number of Topliss-reactive ketones (excluding diaryl/α,β-unsaturated/α-hetero) is 1. The molecular weight excluding hydrogens is 325 g/mol. The molecule has 1 fully saturated rings. The van der Waals surface area contributed by atoms with E-state index in [9.17, 15) is 14.0 Å². The average molecular weight is 349 g/mol. The maximum absolute atomic E-state index is 14.1. The molecule has 6 nitrogen and oxygen atoms in total. The number of rotatable bonds is 1. The molecule has 1 aromatic heterocycles. The number of pyridine rings is 1. The van der Waals surface area contributed by atoms with Crippen molar-refractivity contribution in [2.45, 2.75) is 58.7 Å². The first-order valence-electron chi connectivity index (χ1n) is 8.53. The molecule has 0 spiro atoms. The molecule has 3 rings (SSSR count). The van der Waals surface area contributed by atoms with E-state index >= 15 is 0 Å². The number of carbonyl (C=O) groups is 2. The molecule has 3 heterocycles. The molecule has 1 aromatic rings. The summed E-state index contributed by atoms with van der Waals surface area (Å²) in [6.45, 7) is 9.82. The van der Waals surface area contributed by atoms with Crippen LogP contribution in [0, 0.1) is 5.82 Å². The van der Waals surface area contributed by atoms with E-state index in [2.05, 4.69) is 9.88 Å². The van der Waals surface area contributed by atoms with Gasteiger partial charge in [0.1, 0.15) is 17.1 Å². The van der Waals surface area contributed by atoms with Gasteiger partial charge in [-0.1, -0.05) is 0 Å². The molecule has 2 aliphatic heterocycles. The molecular formula is C18H24FN3O3. The molecule has 0 radical (unpaired) electrons. The van der Waals surface area contributed by atoms with Crippen LogP contribution < -0.4 is 4.90 Å². The van der Waals surface area contributed by atoms with Crippen LogP contribution in [0.1, 0.15) is 50.7 Å². The first-order valence-corrected chi connectivity index (χ1v) is 8.53. The Morgan fingerprint density at radius 3 is 2.60 bits per heavy atom. The number of halogens is 1. The van der Waals surface area contributed by atoms with E-state index < -0.39 is 11.4 Å². The number of nitrogens with zero attached hydrogens (tertiary/aromatic N) is 3. The predicted molar refractivity (Wildman–Crippen MR) is 91.4 cm³/mol. The van der Waals surface area contributed by atoms with Crippen molar-refractivity contribution >= 4 is 17.7 Å². The van der Waals surface area contributed by atoms with Crippen molar-refractivity contribution in [3.8, 4) is 0 Å². The van der Waals surface area contributed by atoms with Crippen LogP contribution >= 0.6 is 0 Å². The first-order chi connectivity index (χ1) is 11.6. The van der Waals surface area contributed by atoms with Crippen LogP contribution in [0.15, 0.2) is 6.07 Å². The van der Waals surface area contributed by atoms with Crippen molar-refractivity contribution in [2.24, 2.45) is 0 Å². The summed E-state index contributed by atoms with van der Waals surface area (Å²) in [5, 5.41) is 0. The summed E-state index contributed by atoms with van der Waals surface area (Å²) < 4.78 is 19.5. The number of carbonyl (C=O) groups excluding carboxylic acids is 2. The quantitative estimate of drug-likeness (QED) is 0.730. The molecule has 0 saturated carbocycles. The maximum Gasteiger partial charge on any atom is 0.410 e. The maximum atomic E-state index is 14.1. The first kappa shape index (κ1) is 17.6. The highest BCUT2D eigenvalue weighted by molar-refractivity contribution is 5.93. The molecule has 0 aromatic carbocycles. The second-order valence-corrected chi connectivity index (χ2v) is 7.86. The van der Waals surface area contributed by atoms with Gasteiger partial charge in [-0.25, -0.2) is 14.2 Å². The Bertz CT molecular complexity index is 729. The fourth-order valence-electron chi connectivity index (χ4n) is 3.60. The fraction of sp³-hybridized carbons (Fsp3) is 0.611. The van der Waals surface area contributed by atoms with Gasteiger partial charge in [0, 0.05) is 26.1 Å². The molecule has 2 aliphatic rings. The summed E-state index contributed by atoms with van der Waals surface area (Å²) >= 11 is 0. The van der Waals surface area contributed by atoms with Gasteiger partial charge in [0.2, 0.25) is 0 Å². The number of hydrogen-bond acceptors (Lipinski definition) is 5. The zero-order valence-corrected chi connectivity index (χ0v) is 15.3. The highest BCUT2D eigenvalue weighted by Gasteiger charge is 2.42. The van der Waals surface area contributed by atoms with Crippen molar-refractivity contribution < 1.29 is 18.7 Å². The zero-order valence-electron chi connectivity index (χ0n) is 15.3. The van der Waals surface area contributed by atoms with Gasteiger partial charge in [0.25, 0.3) is 0 Å². The lowest BCUT2D eigenvalue weighted by molar-refractivity contribution is 0.0191. The molecule has 25 heavy (non-hydrogen) atoms. The van der Waals surface area contributed by atoms with Gasteiger partial charge in [-0.3, -0.25) is 4.79 Å². The number of anilines is 1. The Hall–Kier alpha value is -2.18. The van der Waals surface area contributed by atoms with Crippen molar-refractivity contribution in [2.75, 3.05) is 18.0 Å². The van der Waals surface area contributed by atoms with Gasteiger partial charge in [0.05, 0.1) is 6.04 Å². The molecule has 0 bridgehead atoms. The van der Waals surface area contributed by atoms with E-state index in [-0.39, 0.29) is 29.7 Å². The van der Waals surface area contributed by atoms with Crippen LogP contribution in [0.4, 0.5) is 15.0 Å². The van der Waals surface area contributed by atoms with Gasteiger partial charge < -0.3 is 14.5 Å². The minimum absolute atomic E-state index is 0.00490. The van der Waals surface area contributed by atoms with E-state index in [1.54, 1.807) is 4.90 Å². The van der Waals surface area contributed by atoms with Crippen molar-refractivity contribution in [3.05, 3.63) is 23.1 Å². The van der Waals surface area contributed by atoms with Crippen LogP contribution in [-0.4, -0.2) is 52.5 Å². The van der Waals surface area contributed by atoms with Gasteiger partial charge in [-0.05, 0) is 45.7 Å². The number of amides is 1. The third-order valence-corrected chi connectivity index (χ3v) is 4.50. The van der Waals surface area contributed by atoms with Gasteiger partial charge in [0.15, 0.2) is 11.6 Å². The number of hydrogen-bond donors (Lipinski definition) is 0. The van der Waals surface area contributed by atoms with Crippen LogP contribution in [0.2, 0.25) is 0 Å². The third-order valence-electron chi connectivity index (χ3n) is 4.50. The number of ether oxygens (including phenoxy) is 1. The molecule has 0 N–H and O–H groups in total. The Kier molecular flexibility index (Phi) is 4.21. The monoisotopic (exact) mass is 349 g/mol.